The van der Waals surface area contributed by atoms with E-state index in [1.165, 1.54) is 16.2 Å². The molecule has 11 rings (SSSR count). The van der Waals surface area contributed by atoms with Gasteiger partial charge in [-0.25, -0.2) is 9.97 Å². The second kappa shape index (κ2) is 12.6. The van der Waals surface area contributed by atoms with Crippen molar-refractivity contribution in [3.63, 3.8) is 0 Å². The summed E-state index contributed by atoms with van der Waals surface area (Å²) in [5.74, 6) is 0.682. The molecule has 0 atom stereocenters. The van der Waals surface area contributed by atoms with Gasteiger partial charge in [0.15, 0.2) is 5.82 Å². The number of nitrogens with zero attached hydrogens (tertiary/aromatic N) is 5. The van der Waals surface area contributed by atoms with Crippen LogP contribution in [0.5, 0.6) is 0 Å². The number of hydrogen-bond donors (Lipinski definition) is 0. The monoisotopic (exact) mass is 701 g/mol. The van der Waals surface area contributed by atoms with Crippen LogP contribution < -0.4 is 0 Å². The number of benzene rings is 8. The molecule has 0 radical (unpaired) electrons. The molecule has 55 heavy (non-hydrogen) atoms. The van der Waals surface area contributed by atoms with Crippen molar-refractivity contribution in [3.8, 4) is 50.7 Å². The van der Waals surface area contributed by atoms with Gasteiger partial charge in [0.2, 0.25) is 0 Å². The highest BCUT2D eigenvalue weighted by atomic mass is 15.0. The fourth-order valence-corrected chi connectivity index (χ4v) is 8.25. The van der Waals surface area contributed by atoms with E-state index < -0.39 is 0 Å². The van der Waals surface area contributed by atoms with E-state index in [1.54, 1.807) is 12.4 Å². The largest absolute Gasteiger partial charge is 0.308 e. The number of aromatic nitrogens is 5. The summed E-state index contributed by atoms with van der Waals surface area (Å²) in [6.07, 6.45) is 3.58. The lowest BCUT2D eigenvalue weighted by Crippen LogP contribution is -1.99. The summed E-state index contributed by atoms with van der Waals surface area (Å²) >= 11 is 0. The Morgan fingerprint density at radius 1 is 0.382 bits per heavy atom. The molecule has 0 aliphatic rings. The van der Waals surface area contributed by atoms with Crippen LogP contribution in [0, 0.1) is 0 Å². The van der Waals surface area contributed by atoms with Gasteiger partial charge >= 0.3 is 0 Å². The summed E-state index contributed by atoms with van der Waals surface area (Å²) in [7, 11) is 0. The van der Waals surface area contributed by atoms with E-state index in [0.29, 0.717) is 5.82 Å². The molecule has 0 saturated carbocycles. The van der Waals surface area contributed by atoms with Gasteiger partial charge in [-0.2, -0.15) is 0 Å². The van der Waals surface area contributed by atoms with E-state index in [4.69, 9.17) is 19.9 Å². The summed E-state index contributed by atoms with van der Waals surface area (Å²) < 4.78 is 2.45. The van der Waals surface area contributed by atoms with Crippen LogP contribution in [0.3, 0.4) is 0 Å². The molecule has 0 amide bonds. The first-order valence-electron chi connectivity index (χ1n) is 18.5. The zero-order valence-corrected chi connectivity index (χ0v) is 29.6. The normalized spacial score (nSPS) is 11.6. The quantitative estimate of drug-likeness (QED) is 0.168. The molecule has 0 aliphatic heterocycles. The molecule has 0 spiro atoms. The van der Waals surface area contributed by atoms with Gasteiger partial charge in [-0.05, 0) is 35.2 Å². The van der Waals surface area contributed by atoms with Crippen molar-refractivity contribution in [1.29, 1.82) is 0 Å². The first-order chi connectivity index (χ1) is 27.3. The Labute approximate surface area is 316 Å². The fourth-order valence-electron chi connectivity index (χ4n) is 8.25. The Bertz CT molecular complexity index is 3170. The summed E-state index contributed by atoms with van der Waals surface area (Å²) in [4.78, 5) is 20.0. The summed E-state index contributed by atoms with van der Waals surface area (Å²) in [5.41, 5.74) is 12.2. The maximum Gasteiger partial charge on any atom is 0.160 e. The first-order valence-corrected chi connectivity index (χ1v) is 18.5. The van der Waals surface area contributed by atoms with Crippen molar-refractivity contribution in [2.24, 2.45) is 0 Å². The van der Waals surface area contributed by atoms with E-state index >= 15 is 0 Å². The van der Waals surface area contributed by atoms with E-state index in [0.717, 1.165) is 83.1 Å². The molecule has 256 valence electrons. The lowest BCUT2D eigenvalue weighted by atomic mass is 9.96. The molecule has 0 aliphatic carbocycles. The Morgan fingerprint density at radius 2 is 0.945 bits per heavy atom. The van der Waals surface area contributed by atoms with Gasteiger partial charge in [0.05, 0.1) is 39.1 Å². The molecule has 5 heteroatoms. The first kappa shape index (κ1) is 31.1. The van der Waals surface area contributed by atoms with E-state index in [1.807, 2.05) is 36.4 Å². The molecular weight excluding hydrogens is 671 g/mol. The Kier molecular flexibility index (Phi) is 7.10. The van der Waals surface area contributed by atoms with Crippen LogP contribution in [0.4, 0.5) is 0 Å². The lowest BCUT2D eigenvalue weighted by Gasteiger charge is -2.17. The second-order valence-corrected chi connectivity index (χ2v) is 13.8. The zero-order valence-electron chi connectivity index (χ0n) is 29.6. The molecule has 8 aromatic carbocycles. The highest BCUT2D eigenvalue weighted by molar-refractivity contribution is 6.32. The van der Waals surface area contributed by atoms with Crippen molar-refractivity contribution < 1.29 is 0 Å². The van der Waals surface area contributed by atoms with Gasteiger partial charge in [-0.15, -0.1) is 0 Å². The minimum absolute atomic E-state index is 0.682. The molecule has 0 bridgehead atoms. The molecule has 5 nitrogen and oxygen atoms in total. The third-order valence-corrected chi connectivity index (χ3v) is 10.7. The number of rotatable bonds is 5. The SMILES string of the molecule is c1ccc(-c2cc(-c3ccccc3)nc(-c3cccc(-c4ccccc4-n4c5ccccc5c5ccc6c7nccnc7c7ccccc7c6c54)c3)n2)cc1. The van der Waals surface area contributed by atoms with E-state index in [2.05, 4.69) is 144 Å². The predicted octanol–water partition coefficient (Wildman–Crippen LogP) is 12.5. The standard InChI is InChI=1S/C50H31N5/c1-3-14-32(15-4-1)42-31-43(33-16-5-2-6-17-33)54-50(53-42)35-19-13-18-34(30-35)36-20-9-11-24-44(36)55-45-25-12-10-21-37(45)40-26-27-41-46(49(40)55)38-22-7-8-23-39(38)47-48(41)52-29-28-51-47/h1-31H. The minimum atomic E-state index is 0.682. The van der Waals surface area contributed by atoms with Crippen LogP contribution in [0.1, 0.15) is 0 Å². The van der Waals surface area contributed by atoms with Crippen LogP contribution in [0.25, 0.3) is 105 Å². The van der Waals surface area contributed by atoms with Gasteiger partial charge in [0.1, 0.15) is 0 Å². The number of fused-ring (bicyclic) bond motifs is 10. The van der Waals surface area contributed by atoms with Gasteiger partial charge in [-0.1, -0.05) is 152 Å². The number of para-hydroxylation sites is 2. The molecule has 0 fully saturated rings. The van der Waals surface area contributed by atoms with Crippen LogP contribution in [0.15, 0.2) is 188 Å². The second-order valence-electron chi connectivity index (χ2n) is 13.8. The van der Waals surface area contributed by atoms with Crippen LogP contribution in [-0.4, -0.2) is 24.5 Å². The van der Waals surface area contributed by atoms with Gasteiger partial charge in [-0.3, -0.25) is 9.97 Å². The molecule has 3 aromatic heterocycles. The maximum absolute atomic E-state index is 5.15. The highest BCUT2D eigenvalue weighted by Crippen LogP contribution is 2.43. The van der Waals surface area contributed by atoms with Crippen molar-refractivity contribution in [2.75, 3.05) is 0 Å². The Hall–Kier alpha value is -7.50. The van der Waals surface area contributed by atoms with Crippen LogP contribution >= 0.6 is 0 Å². The van der Waals surface area contributed by atoms with E-state index in [9.17, 15) is 0 Å². The Balaban J connectivity index is 1.17. The third-order valence-electron chi connectivity index (χ3n) is 10.7. The smallest absolute Gasteiger partial charge is 0.160 e. The van der Waals surface area contributed by atoms with Crippen molar-refractivity contribution in [2.45, 2.75) is 0 Å². The average Bonchev–Trinajstić information content (AvgIpc) is 3.61. The van der Waals surface area contributed by atoms with Gasteiger partial charge in [0, 0.05) is 61.6 Å². The van der Waals surface area contributed by atoms with Crippen LogP contribution in [-0.2, 0) is 0 Å². The zero-order chi connectivity index (χ0) is 36.3. The summed E-state index contributed by atoms with van der Waals surface area (Å²) in [6, 6.07) is 61.8. The summed E-state index contributed by atoms with van der Waals surface area (Å²) in [6.45, 7) is 0. The average molecular weight is 702 g/mol. The topological polar surface area (TPSA) is 56.5 Å². The van der Waals surface area contributed by atoms with Gasteiger partial charge < -0.3 is 4.57 Å². The molecule has 0 N–H and O–H groups in total. The van der Waals surface area contributed by atoms with Crippen molar-refractivity contribution in [3.05, 3.63) is 188 Å². The highest BCUT2D eigenvalue weighted by Gasteiger charge is 2.21. The Morgan fingerprint density at radius 3 is 1.69 bits per heavy atom. The number of hydrogen-bond acceptors (Lipinski definition) is 4. The third kappa shape index (κ3) is 5.02. The fraction of sp³-hybridized carbons (Fsp3) is 0. The van der Waals surface area contributed by atoms with E-state index in [-0.39, 0.29) is 0 Å². The summed E-state index contributed by atoms with van der Waals surface area (Å²) in [5, 5.41) is 6.90. The minimum Gasteiger partial charge on any atom is -0.308 e. The van der Waals surface area contributed by atoms with Crippen LogP contribution in [0.2, 0.25) is 0 Å². The molecule has 0 saturated heterocycles. The molecule has 11 aromatic rings. The van der Waals surface area contributed by atoms with Gasteiger partial charge in [0.25, 0.3) is 0 Å². The lowest BCUT2D eigenvalue weighted by molar-refractivity contribution is 1.18. The van der Waals surface area contributed by atoms with Crippen molar-refractivity contribution in [1.82, 2.24) is 24.5 Å². The van der Waals surface area contributed by atoms with Crippen molar-refractivity contribution >= 4 is 54.4 Å². The molecule has 0 unspecified atom stereocenters. The molecule has 3 heterocycles. The molecular formula is C50H31N5. The predicted molar refractivity (Wildman–Crippen MR) is 226 cm³/mol. The maximum atomic E-state index is 5.15.